The van der Waals surface area contributed by atoms with Gasteiger partial charge in [0.2, 0.25) is 5.91 Å². The lowest BCUT2D eigenvalue weighted by molar-refractivity contribution is -0.135. The highest BCUT2D eigenvalue weighted by atomic mass is 19.1. The van der Waals surface area contributed by atoms with Gasteiger partial charge in [0, 0.05) is 17.5 Å². The number of rotatable bonds is 4. The van der Waals surface area contributed by atoms with E-state index in [-0.39, 0.29) is 41.8 Å². The minimum atomic E-state index is -0.216. The summed E-state index contributed by atoms with van der Waals surface area (Å²) < 4.78 is 14.8. The van der Waals surface area contributed by atoms with Crippen LogP contribution in [-0.4, -0.2) is 32.7 Å². The number of aromatic nitrogens is 2. The maximum absolute atomic E-state index is 13.5. The second kappa shape index (κ2) is 8.15. The zero-order chi connectivity index (χ0) is 22.4. The van der Waals surface area contributed by atoms with E-state index in [1.54, 1.807) is 0 Å². The lowest BCUT2D eigenvalue weighted by Crippen LogP contribution is -2.47. The van der Waals surface area contributed by atoms with Crippen molar-refractivity contribution in [2.45, 2.75) is 70.0 Å². The van der Waals surface area contributed by atoms with Crippen molar-refractivity contribution >= 4 is 16.7 Å². The molecule has 2 bridgehead atoms. The van der Waals surface area contributed by atoms with Gasteiger partial charge in [0.05, 0.1) is 23.5 Å². The number of amides is 1. The molecule has 166 valence electrons. The van der Waals surface area contributed by atoms with Gasteiger partial charge >= 0.3 is 0 Å². The molecular weight excluding hydrogens is 405 g/mol. The average molecular weight is 434 g/mol. The van der Waals surface area contributed by atoms with E-state index in [0.29, 0.717) is 17.0 Å². The molecule has 5 rings (SSSR count). The van der Waals surface area contributed by atoms with Crippen molar-refractivity contribution < 1.29 is 9.18 Å². The predicted molar refractivity (Wildman–Crippen MR) is 122 cm³/mol. The lowest BCUT2D eigenvalue weighted by Gasteiger charge is -2.39. The molecule has 0 radical (unpaired) electrons. The van der Waals surface area contributed by atoms with Crippen LogP contribution in [0.5, 0.6) is 0 Å². The van der Waals surface area contributed by atoms with Crippen molar-refractivity contribution in [1.29, 1.82) is 0 Å². The van der Waals surface area contributed by atoms with E-state index < -0.39 is 0 Å². The second-order valence-corrected chi connectivity index (χ2v) is 9.42. The molecule has 2 atom stereocenters. The summed E-state index contributed by atoms with van der Waals surface area (Å²) in [7, 11) is 0. The molecule has 1 amide bonds. The van der Waals surface area contributed by atoms with Crippen molar-refractivity contribution in [2.75, 3.05) is 0 Å². The predicted octanol–water partition coefficient (Wildman–Crippen LogP) is 4.60. The van der Waals surface area contributed by atoms with E-state index in [1.165, 1.54) is 16.8 Å². The zero-order valence-corrected chi connectivity index (χ0v) is 18.5. The van der Waals surface area contributed by atoms with Crippen LogP contribution in [0.2, 0.25) is 0 Å². The van der Waals surface area contributed by atoms with Gasteiger partial charge in [-0.25, -0.2) is 9.07 Å². The Hall–Kier alpha value is -3.02. The van der Waals surface area contributed by atoms with E-state index in [0.717, 1.165) is 36.6 Å². The summed E-state index contributed by atoms with van der Waals surface area (Å²) in [6.07, 6.45) is 4.03. The van der Waals surface area contributed by atoms with Crippen molar-refractivity contribution in [3.8, 4) is 0 Å². The maximum Gasteiger partial charge on any atom is 0.274 e. The third kappa shape index (κ3) is 3.61. The average Bonchev–Trinajstić information content (AvgIpc) is 3.05. The Kier molecular flexibility index (Phi) is 5.31. The van der Waals surface area contributed by atoms with Gasteiger partial charge in [-0.15, -0.1) is 0 Å². The van der Waals surface area contributed by atoms with Crippen molar-refractivity contribution in [3.05, 3.63) is 76.0 Å². The van der Waals surface area contributed by atoms with E-state index >= 15 is 0 Å². The molecule has 2 fully saturated rings. The van der Waals surface area contributed by atoms with Crippen LogP contribution in [0.3, 0.4) is 0 Å². The summed E-state index contributed by atoms with van der Waals surface area (Å²) in [5.74, 6) is 0.229. The van der Waals surface area contributed by atoms with Crippen LogP contribution in [0, 0.1) is 5.82 Å². The van der Waals surface area contributed by atoms with Crippen LogP contribution < -0.4 is 5.56 Å². The van der Waals surface area contributed by atoms with Crippen LogP contribution in [-0.2, 0) is 11.2 Å². The number of fused-ring (bicyclic) bond motifs is 3. The first kappa shape index (κ1) is 20.9. The number of carbonyl (C=O) groups excluding carboxylic acids is 1. The molecule has 2 aliphatic heterocycles. The molecule has 0 spiro atoms. The molecular formula is C26H28FN3O2. The SMILES string of the molecule is CC(C)n1nc(CC(=O)N2[C@@H]3CC[C@@H]2CC(c2ccc(F)cc2)C3)c2ccccc2c1=O. The molecule has 0 N–H and O–H groups in total. The van der Waals surface area contributed by atoms with Crippen LogP contribution in [0.25, 0.3) is 10.8 Å². The zero-order valence-electron chi connectivity index (χ0n) is 18.5. The Morgan fingerprint density at radius 1 is 1.03 bits per heavy atom. The molecule has 5 nitrogen and oxygen atoms in total. The van der Waals surface area contributed by atoms with Gasteiger partial charge in [0.1, 0.15) is 5.82 Å². The highest BCUT2D eigenvalue weighted by Crippen LogP contribution is 2.43. The van der Waals surface area contributed by atoms with Crippen molar-refractivity contribution in [2.24, 2.45) is 0 Å². The van der Waals surface area contributed by atoms with Gasteiger partial charge in [0.15, 0.2) is 0 Å². The van der Waals surface area contributed by atoms with Crippen molar-refractivity contribution in [1.82, 2.24) is 14.7 Å². The Bertz CT molecular complexity index is 1200. The first-order valence-corrected chi connectivity index (χ1v) is 11.5. The molecule has 0 saturated carbocycles. The van der Waals surface area contributed by atoms with E-state index in [2.05, 4.69) is 10.00 Å². The minimum Gasteiger partial charge on any atom is -0.336 e. The number of hydrogen-bond acceptors (Lipinski definition) is 3. The molecule has 3 aromatic rings. The fourth-order valence-electron chi connectivity index (χ4n) is 5.58. The molecule has 6 heteroatoms. The number of nitrogens with zero attached hydrogens (tertiary/aromatic N) is 3. The maximum atomic E-state index is 13.5. The molecule has 0 unspecified atom stereocenters. The molecule has 0 aliphatic carbocycles. The largest absolute Gasteiger partial charge is 0.336 e. The molecule has 1 aromatic heterocycles. The fourth-order valence-corrected chi connectivity index (χ4v) is 5.58. The molecule has 2 aromatic carbocycles. The highest BCUT2D eigenvalue weighted by molar-refractivity contribution is 5.88. The molecule has 2 aliphatic rings. The van der Waals surface area contributed by atoms with E-state index in [9.17, 15) is 14.0 Å². The van der Waals surface area contributed by atoms with Crippen molar-refractivity contribution in [3.63, 3.8) is 0 Å². The highest BCUT2D eigenvalue weighted by Gasteiger charge is 2.43. The summed E-state index contributed by atoms with van der Waals surface area (Å²) in [6, 6.07) is 14.6. The first-order valence-electron chi connectivity index (χ1n) is 11.5. The van der Waals surface area contributed by atoms with Crippen LogP contribution >= 0.6 is 0 Å². The van der Waals surface area contributed by atoms with Crippen LogP contribution in [0.1, 0.15) is 62.7 Å². The molecule has 2 saturated heterocycles. The summed E-state index contributed by atoms with van der Waals surface area (Å²) in [5.41, 5.74) is 1.71. The van der Waals surface area contributed by atoms with Gasteiger partial charge in [-0.05, 0) is 69.2 Å². The van der Waals surface area contributed by atoms with E-state index in [1.807, 2.05) is 50.2 Å². The van der Waals surface area contributed by atoms with Gasteiger partial charge in [-0.1, -0.05) is 30.3 Å². The summed E-state index contributed by atoms with van der Waals surface area (Å²) in [5, 5.41) is 5.97. The fraction of sp³-hybridized carbons (Fsp3) is 0.423. The van der Waals surface area contributed by atoms with Crippen LogP contribution in [0.15, 0.2) is 53.3 Å². The monoisotopic (exact) mass is 433 g/mol. The van der Waals surface area contributed by atoms with Gasteiger partial charge in [-0.2, -0.15) is 5.10 Å². The molecule has 3 heterocycles. The minimum absolute atomic E-state index is 0.0800. The van der Waals surface area contributed by atoms with Crippen LogP contribution in [0.4, 0.5) is 4.39 Å². The number of benzene rings is 2. The Morgan fingerprint density at radius 3 is 2.28 bits per heavy atom. The lowest BCUT2D eigenvalue weighted by atomic mass is 9.85. The third-order valence-electron chi connectivity index (χ3n) is 7.08. The molecule has 32 heavy (non-hydrogen) atoms. The Morgan fingerprint density at radius 2 is 1.66 bits per heavy atom. The number of halogens is 1. The smallest absolute Gasteiger partial charge is 0.274 e. The quantitative estimate of drug-likeness (QED) is 0.604. The summed E-state index contributed by atoms with van der Waals surface area (Å²) >= 11 is 0. The third-order valence-corrected chi connectivity index (χ3v) is 7.08. The summed E-state index contributed by atoms with van der Waals surface area (Å²) in [6.45, 7) is 3.85. The van der Waals surface area contributed by atoms with Gasteiger partial charge < -0.3 is 4.90 Å². The van der Waals surface area contributed by atoms with E-state index in [4.69, 9.17) is 0 Å². The topological polar surface area (TPSA) is 55.2 Å². The number of carbonyl (C=O) groups is 1. The standard InChI is InChI=1S/C26H28FN3O2/c1-16(2)30-26(32)23-6-4-3-5-22(23)24(28-30)15-25(31)29-20-11-12-21(29)14-18(13-20)17-7-9-19(27)10-8-17/h3-10,16,18,20-21H,11-15H2,1-2H3/t20-,21-/m1/s1. The summed E-state index contributed by atoms with van der Waals surface area (Å²) in [4.78, 5) is 28.3. The van der Waals surface area contributed by atoms with Gasteiger partial charge in [0.25, 0.3) is 5.56 Å². The first-order chi connectivity index (χ1) is 15.4. The Labute approximate surface area is 186 Å². The Balaban J connectivity index is 1.41. The van der Waals surface area contributed by atoms with Gasteiger partial charge in [-0.3, -0.25) is 9.59 Å². The number of hydrogen-bond donors (Lipinski definition) is 0. The second-order valence-electron chi connectivity index (χ2n) is 9.42. The normalized spacial score (nSPS) is 22.6. The number of piperidine rings is 1.